The summed E-state index contributed by atoms with van der Waals surface area (Å²) in [7, 11) is 0. The van der Waals surface area contributed by atoms with Gasteiger partial charge >= 0.3 is 0 Å². The Labute approximate surface area is 134 Å². The van der Waals surface area contributed by atoms with Gasteiger partial charge in [0.2, 0.25) is 5.91 Å². The number of anilines is 1. The Morgan fingerprint density at radius 2 is 1.74 bits per heavy atom. The van der Waals surface area contributed by atoms with E-state index in [-0.39, 0.29) is 24.2 Å². The molecule has 0 aliphatic rings. The van der Waals surface area contributed by atoms with Crippen molar-refractivity contribution < 1.29 is 13.6 Å². The zero-order valence-corrected chi connectivity index (χ0v) is 13.1. The van der Waals surface area contributed by atoms with Crippen molar-refractivity contribution in [3.63, 3.8) is 0 Å². The third-order valence-electron chi connectivity index (χ3n) is 3.51. The van der Waals surface area contributed by atoms with Gasteiger partial charge in [-0.3, -0.25) is 4.79 Å². The van der Waals surface area contributed by atoms with E-state index in [0.717, 1.165) is 17.7 Å². The first-order chi connectivity index (χ1) is 11.0. The average molecular weight is 318 g/mol. The molecule has 23 heavy (non-hydrogen) atoms. The van der Waals surface area contributed by atoms with Gasteiger partial charge in [0.15, 0.2) is 11.6 Å². The number of carbonyl (C=O) groups excluding carboxylic acids is 1. The van der Waals surface area contributed by atoms with Crippen LogP contribution in [0.5, 0.6) is 0 Å². The summed E-state index contributed by atoms with van der Waals surface area (Å²) in [4.78, 5) is 12.0. The SMILES string of the molecule is CC(C)[C@H](NCC(=O)Nc1ccc(F)c(F)c1)c1ccccc1. The van der Waals surface area contributed by atoms with Crippen molar-refractivity contribution >= 4 is 11.6 Å². The van der Waals surface area contributed by atoms with Gasteiger partial charge in [-0.2, -0.15) is 0 Å². The lowest BCUT2D eigenvalue weighted by Gasteiger charge is -2.22. The second kappa shape index (κ2) is 7.83. The van der Waals surface area contributed by atoms with Gasteiger partial charge in [-0.1, -0.05) is 44.2 Å². The monoisotopic (exact) mass is 318 g/mol. The predicted octanol–water partition coefficient (Wildman–Crippen LogP) is 3.89. The molecule has 0 aromatic heterocycles. The van der Waals surface area contributed by atoms with Crippen molar-refractivity contribution in [1.82, 2.24) is 5.32 Å². The van der Waals surface area contributed by atoms with Crippen LogP contribution in [0.3, 0.4) is 0 Å². The van der Waals surface area contributed by atoms with Gasteiger partial charge in [0.05, 0.1) is 6.54 Å². The van der Waals surface area contributed by atoms with E-state index in [1.54, 1.807) is 0 Å². The van der Waals surface area contributed by atoms with E-state index in [9.17, 15) is 13.6 Å². The maximum Gasteiger partial charge on any atom is 0.238 e. The highest BCUT2D eigenvalue weighted by Gasteiger charge is 2.16. The Morgan fingerprint density at radius 1 is 1.04 bits per heavy atom. The third kappa shape index (κ3) is 4.86. The molecular formula is C18H20F2N2O. The van der Waals surface area contributed by atoms with Crippen LogP contribution in [0.15, 0.2) is 48.5 Å². The van der Waals surface area contributed by atoms with E-state index in [1.807, 2.05) is 30.3 Å². The lowest BCUT2D eigenvalue weighted by atomic mass is 9.96. The molecule has 2 rings (SSSR count). The minimum absolute atomic E-state index is 0.0342. The van der Waals surface area contributed by atoms with Crippen LogP contribution in [0.25, 0.3) is 0 Å². The zero-order chi connectivity index (χ0) is 16.8. The first-order valence-corrected chi connectivity index (χ1v) is 7.50. The van der Waals surface area contributed by atoms with Crippen LogP contribution < -0.4 is 10.6 Å². The summed E-state index contributed by atoms with van der Waals surface area (Å²) in [6.07, 6.45) is 0. The maximum atomic E-state index is 13.1. The number of hydrogen-bond acceptors (Lipinski definition) is 2. The Hall–Kier alpha value is -2.27. The molecule has 1 atom stereocenters. The standard InChI is InChI=1S/C18H20F2N2O/c1-12(2)18(13-6-4-3-5-7-13)21-11-17(23)22-14-8-9-15(19)16(20)10-14/h3-10,12,18,21H,11H2,1-2H3,(H,22,23)/t18-/m0/s1. The smallest absolute Gasteiger partial charge is 0.238 e. The molecule has 1 amide bonds. The van der Waals surface area contributed by atoms with E-state index in [2.05, 4.69) is 24.5 Å². The molecule has 0 saturated heterocycles. The Bertz CT molecular complexity index is 659. The fourth-order valence-corrected chi connectivity index (χ4v) is 2.38. The third-order valence-corrected chi connectivity index (χ3v) is 3.51. The topological polar surface area (TPSA) is 41.1 Å². The Morgan fingerprint density at radius 3 is 2.35 bits per heavy atom. The average Bonchev–Trinajstić information content (AvgIpc) is 2.52. The van der Waals surface area contributed by atoms with Crippen molar-refractivity contribution in [1.29, 1.82) is 0 Å². The number of halogens is 2. The first kappa shape index (κ1) is 17.1. The van der Waals surface area contributed by atoms with E-state index in [0.29, 0.717) is 5.92 Å². The van der Waals surface area contributed by atoms with Crippen molar-refractivity contribution in [2.75, 3.05) is 11.9 Å². The molecule has 3 nitrogen and oxygen atoms in total. The minimum atomic E-state index is -0.986. The molecule has 2 aromatic rings. The highest BCUT2D eigenvalue weighted by molar-refractivity contribution is 5.92. The summed E-state index contributed by atoms with van der Waals surface area (Å²) in [6.45, 7) is 4.21. The van der Waals surface area contributed by atoms with Crippen LogP contribution in [0.2, 0.25) is 0 Å². The summed E-state index contributed by atoms with van der Waals surface area (Å²) < 4.78 is 26.0. The quantitative estimate of drug-likeness (QED) is 0.848. The fraction of sp³-hybridized carbons (Fsp3) is 0.278. The van der Waals surface area contributed by atoms with E-state index >= 15 is 0 Å². The van der Waals surface area contributed by atoms with Gasteiger partial charge in [-0.25, -0.2) is 8.78 Å². The number of rotatable bonds is 6. The zero-order valence-electron chi connectivity index (χ0n) is 13.1. The van der Waals surface area contributed by atoms with Crippen LogP contribution in [0.1, 0.15) is 25.5 Å². The normalized spacial score (nSPS) is 12.2. The first-order valence-electron chi connectivity index (χ1n) is 7.50. The molecule has 0 aliphatic heterocycles. The number of benzene rings is 2. The second-order valence-corrected chi connectivity index (χ2v) is 5.69. The highest BCUT2D eigenvalue weighted by Crippen LogP contribution is 2.21. The van der Waals surface area contributed by atoms with Gasteiger partial charge in [0.1, 0.15) is 0 Å². The van der Waals surface area contributed by atoms with Crippen LogP contribution in [-0.2, 0) is 4.79 Å². The molecule has 2 N–H and O–H groups in total. The van der Waals surface area contributed by atoms with E-state index < -0.39 is 11.6 Å². The lowest BCUT2D eigenvalue weighted by Crippen LogP contribution is -2.33. The Balaban J connectivity index is 1.95. The number of hydrogen-bond donors (Lipinski definition) is 2. The van der Waals surface area contributed by atoms with Gasteiger partial charge < -0.3 is 10.6 Å². The maximum absolute atomic E-state index is 13.1. The van der Waals surface area contributed by atoms with Crippen LogP contribution in [-0.4, -0.2) is 12.5 Å². The molecule has 0 saturated carbocycles. The predicted molar refractivity (Wildman–Crippen MR) is 87.0 cm³/mol. The van der Waals surface area contributed by atoms with Crippen molar-refractivity contribution in [2.45, 2.75) is 19.9 Å². The van der Waals surface area contributed by atoms with Crippen LogP contribution >= 0.6 is 0 Å². The molecular weight excluding hydrogens is 298 g/mol. The second-order valence-electron chi connectivity index (χ2n) is 5.69. The van der Waals surface area contributed by atoms with Crippen LogP contribution in [0, 0.1) is 17.6 Å². The molecule has 0 unspecified atom stereocenters. The summed E-state index contributed by atoms with van der Waals surface area (Å²) in [5.41, 5.74) is 1.33. The summed E-state index contributed by atoms with van der Waals surface area (Å²) in [5.74, 6) is -1.93. The number of nitrogens with one attached hydrogen (secondary N) is 2. The largest absolute Gasteiger partial charge is 0.325 e. The van der Waals surface area contributed by atoms with Gasteiger partial charge in [0, 0.05) is 17.8 Å². The number of amides is 1. The fourth-order valence-electron chi connectivity index (χ4n) is 2.38. The molecule has 2 aromatic carbocycles. The van der Waals surface area contributed by atoms with Gasteiger partial charge in [-0.15, -0.1) is 0 Å². The molecule has 5 heteroatoms. The van der Waals surface area contributed by atoms with Crippen molar-refractivity contribution in [3.05, 3.63) is 65.7 Å². The molecule has 0 radical (unpaired) electrons. The molecule has 0 bridgehead atoms. The Kier molecular flexibility index (Phi) is 5.82. The van der Waals surface area contributed by atoms with Crippen molar-refractivity contribution in [3.8, 4) is 0 Å². The highest BCUT2D eigenvalue weighted by atomic mass is 19.2. The molecule has 0 heterocycles. The molecule has 0 fully saturated rings. The van der Waals surface area contributed by atoms with Crippen molar-refractivity contribution in [2.24, 2.45) is 5.92 Å². The minimum Gasteiger partial charge on any atom is -0.325 e. The summed E-state index contributed by atoms with van der Waals surface area (Å²) >= 11 is 0. The van der Waals surface area contributed by atoms with Gasteiger partial charge in [-0.05, 0) is 23.6 Å². The number of carbonyl (C=O) groups is 1. The van der Waals surface area contributed by atoms with Crippen LogP contribution in [0.4, 0.5) is 14.5 Å². The summed E-state index contributed by atoms with van der Waals surface area (Å²) in [6, 6.07) is 13.2. The summed E-state index contributed by atoms with van der Waals surface area (Å²) in [5, 5.41) is 5.75. The molecule has 122 valence electrons. The molecule has 0 spiro atoms. The molecule has 0 aliphatic carbocycles. The lowest BCUT2D eigenvalue weighted by molar-refractivity contribution is -0.115. The van der Waals surface area contributed by atoms with E-state index in [1.165, 1.54) is 6.07 Å². The van der Waals surface area contributed by atoms with Gasteiger partial charge in [0.25, 0.3) is 0 Å². The van der Waals surface area contributed by atoms with E-state index in [4.69, 9.17) is 0 Å².